The number of benzene rings is 1. The lowest BCUT2D eigenvalue weighted by molar-refractivity contribution is -0.137. The van der Waals surface area contributed by atoms with E-state index in [4.69, 9.17) is 4.74 Å². The lowest BCUT2D eigenvalue weighted by Gasteiger charge is -2.38. The fraction of sp³-hybridized carbons (Fsp3) is 0.579. The van der Waals surface area contributed by atoms with Crippen LogP contribution < -0.4 is 0 Å². The lowest BCUT2D eigenvalue weighted by Crippen LogP contribution is -2.50. The first-order valence-electron chi connectivity index (χ1n) is 8.64. The third-order valence-corrected chi connectivity index (χ3v) is 4.88. The van der Waals surface area contributed by atoms with E-state index >= 15 is 0 Å². The minimum Gasteiger partial charge on any atom is -0.478 e. The van der Waals surface area contributed by atoms with Gasteiger partial charge in [-0.2, -0.15) is 0 Å². The average molecular weight is 333 g/mol. The van der Waals surface area contributed by atoms with Crippen molar-refractivity contribution in [2.45, 2.75) is 51.0 Å². The molecule has 1 amide bonds. The minimum absolute atomic E-state index is 0.0955. The molecule has 0 spiro atoms. The van der Waals surface area contributed by atoms with Crippen molar-refractivity contribution in [3.05, 3.63) is 35.4 Å². The van der Waals surface area contributed by atoms with Gasteiger partial charge in [0.15, 0.2) is 0 Å². The van der Waals surface area contributed by atoms with Gasteiger partial charge in [-0.3, -0.25) is 4.79 Å². The minimum atomic E-state index is -0.945. The van der Waals surface area contributed by atoms with Crippen molar-refractivity contribution in [2.75, 3.05) is 20.3 Å². The van der Waals surface area contributed by atoms with Crippen LogP contribution in [0, 0.1) is 0 Å². The van der Waals surface area contributed by atoms with E-state index in [2.05, 4.69) is 6.92 Å². The normalized spacial score (nSPS) is 20.3. The molecule has 1 aliphatic heterocycles. The molecule has 132 valence electrons. The van der Waals surface area contributed by atoms with Gasteiger partial charge >= 0.3 is 5.97 Å². The predicted octanol–water partition coefficient (Wildman–Crippen LogP) is 3.13. The number of ether oxygens (including phenoxy) is 1. The Morgan fingerprint density at radius 1 is 1.33 bits per heavy atom. The van der Waals surface area contributed by atoms with Gasteiger partial charge in [0.1, 0.15) is 0 Å². The predicted molar refractivity (Wildman–Crippen MR) is 92.2 cm³/mol. The molecule has 1 N–H and O–H groups in total. The van der Waals surface area contributed by atoms with Crippen molar-refractivity contribution >= 4 is 11.9 Å². The zero-order valence-electron chi connectivity index (χ0n) is 14.6. The van der Waals surface area contributed by atoms with Crippen LogP contribution in [0.3, 0.4) is 0 Å². The zero-order valence-corrected chi connectivity index (χ0v) is 14.6. The largest absolute Gasteiger partial charge is 0.478 e. The van der Waals surface area contributed by atoms with Gasteiger partial charge < -0.3 is 14.7 Å². The fourth-order valence-corrected chi connectivity index (χ4v) is 3.87. The summed E-state index contributed by atoms with van der Waals surface area (Å²) in [6.45, 7) is 3.46. The maximum absolute atomic E-state index is 12.8. The molecule has 0 bridgehead atoms. The van der Waals surface area contributed by atoms with Gasteiger partial charge in [0.05, 0.1) is 17.7 Å². The second kappa shape index (κ2) is 8.29. The first kappa shape index (κ1) is 18.5. The molecule has 5 nitrogen and oxygen atoms in total. The van der Waals surface area contributed by atoms with E-state index in [1.807, 2.05) is 11.0 Å². The number of amides is 1. The Kier molecular flexibility index (Phi) is 6.37. The van der Waals surface area contributed by atoms with Gasteiger partial charge in [0.2, 0.25) is 5.91 Å². The SMILES string of the molecule is CCCC1(COC)CCCN1C(=O)CCc1ccccc1C(=O)O. The van der Waals surface area contributed by atoms with Gasteiger partial charge in [-0.25, -0.2) is 4.79 Å². The van der Waals surface area contributed by atoms with E-state index in [-0.39, 0.29) is 17.0 Å². The monoisotopic (exact) mass is 333 g/mol. The Balaban J connectivity index is 2.08. The van der Waals surface area contributed by atoms with Crippen molar-refractivity contribution in [3.8, 4) is 0 Å². The van der Waals surface area contributed by atoms with E-state index in [0.717, 1.165) is 32.2 Å². The van der Waals surface area contributed by atoms with Crippen molar-refractivity contribution in [1.82, 2.24) is 4.90 Å². The number of nitrogens with zero attached hydrogens (tertiary/aromatic N) is 1. The number of carbonyl (C=O) groups is 2. The molecule has 0 aromatic heterocycles. The number of carboxylic acids is 1. The molecule has 1 heterocycles. The van der Waals surface area contributed by atoms with Crippen LogP contribution in [0.5, 0.6) is 0 Å². The highest BCUT2D eigenvalue weighted by Gasteiger charge is 2.42. The van der Waals surface area contributed by atoms with E-state index in [9.17, 15) is 14.7 Å². The Morgan fingerprint density at radius 2 is 2.08 bits per heavy atom. The van der Waals surface area contributed by atoms with Gasteiger partial charge in [-0.15, -0.1) is 0 Å². The van der Waals surface area contributed by atoms with Crippen LogP contribution in [0.4, 0.5) is 0 Å². The summed E-state index contributed by atoms with van der Waals surface area (Å²) in [5.41, 5.74) is 0.807. The highest BCUT2D eigenvalue weighted by atomic mass is 16.5. The Hall–Kier alpha value is -1.88. The Labute approximate surface area is 143 Å². The molecular weight excluding hydrogens is 306 g/mol. The van der Waals surface area contributed by atoms with Gasteiger partial charge in [-0.05, 0) is 37.3 Å². The summed E-state index contributed by atoms with van der Waals surface area (Å²) in [5.74, 6) is -0.850. The molecule has 1 aromatic carbocycles. The summed E-state index contributed by atoms with van der Waals surface area (Å²) >= 11 is 0. The number of aryl methyl sites for hydroxylation is 1. The molecule has 5 heteroatoms. The molecule has 1 aliphatic rings. The van der Waals surface area contributed by atoms with Crippen molar-refractivity contribution in [2.24, 2.45) is 0 Å². The summed E-state index contributed by atoms with van der Waals surface area (Å²) in [4.78, 5) is 26.0. The number of methoxy groups -OCH3 is 1. The highest BCUT2D eigenvalue weighted by molar-refractivity contribution is 5.89. The first-order chi connectivity index (χ1) is 11.5. The van der Waals surface area contributed by atoms with Crippen LogP contribution in [0.15, 0.2) is 24.3 Å². The molecule has 1 fully saturated rings. The maximum atomic E-state index is 12.8. The second-order valence-electron chi connectivity index (χ2n) is 6.52. The summed E-state index contributed by atoms with van der Waals surface area (Å²) in [6, 6.07) is 6.90. The molecule has 0 saturated carbocycles. The maximum Gasteiger partial charge on any atom is 0.335 e. The topological polar surface area (TPSA) is 66.8 Å². The molecule has 2 rings (SSSR count). The fourth-order valence-electron chi connectivity index (χ4n) is 3.87. The quantitative estimate of drug-likeness (QED) is 0.794. The molecule has 0 radical (unpaired) electrons. The molecule has 1 unspecified atom stereocenters. The molecule has 1 saturated heterocycles. The number of aromatic carboxylic acids is 1. The summed E-state index contributed by atoms with van der Waals surface area (Å²) in [7, 11) is 1.68. The highest BCUT2D eigenvalue weighted by Crippen LogP contribution is 2.34. The van der Waals surface area contributed by atoms with Crippen LogP contribution in [-0.2, 0) is 16.0 Å². The van der Waals surface area contributed by atoms with E-state index in [1.165, 1.54) is 0 Å². The summed E-state index contributed by atoms with van der Waals surface area (Å²) < 4.78 is 5.40. The molecular formula is C19H27NO4. The van der Waals surface area contributed by atoms with Crippen molar-refractivity contribution < 1.29 is 19.4 Å². The number of carbonyl (C=O) groups excluding carboxylic acids is 1. The summed E-state index contributed by atoms with van der Waals surface area (Å²) in [6.07, 6.45) is 4.71. The molecule has 24 heavy (non-hydrogen) atoms. The average Bonchev–Trinajstić information content (AvgIpc) is 2.97. The van der Waals surface area contributed by atoms with Crippen LogP contribution in [0.1, 0.15) is 54.9 Å². The standard InChI is InChI=1S/C19H27NO4/c1-3-11-19(14-24-2)12-6-13-20(19)17(21)10-9-15-7-4-5-8-16(15)18(22)23/h4-5,7-8H,3,6,9-14H2,1-2H3,(H,22,23). The van der Waals surface area contributed by atoms with E-state index < -0.39 is 5.97 Å². The smallest absolute Gasteiger partial charge is 0.335 e. The number of hydrogen-bond donors (Lipinski definition) is 1. The number of carboxylic acid groups (broad SMARTS) is 1. The van der Waals surface area contributed by atoms with E-state index in [1.54, 1.807) is 25.3 Å². The Morgan fingerprint density at radius 3 is 2.75 bits per heavy atom. The van der Waals surface area contributed by atoms with Crippen molar-refractivity contribution in [3.63, 3.8) is 0 Å². The van der Waals surface area contributed by atoms with Gasteiger partial charge in [0.25, 0.3) is 0 Å². The number of hydrogen-bond acceptors (Lipinski definition) is 3. The zero-order chi connectivity index (χ0) is 17.6. The number of rotatable bonds is 8. The molecule has 0 aliphatic carbocycles. The van der Waals surface area contributed by atoms with E-state index in [0.29, 0.717) is 25.0 Å². The van der Waals surface area contributed by atoms with Gasteiger partial charge in [0, 0.05) is 20.1 Å². The van der Waals surface area contributed by atoms with Crippen LogP contribution >= 0.6 is 0 Å². The van der Waals surface area contributed by atoms with Crippen molar-refractivity contribution in [1.29, 1.82) is 0 Å². The molecule has 1 aromatic rings. The Bertz CT molecular complexity index is 578. The first-order valence-corrected chi connectivity index (χ1v) is 8.64. The van der Waals surface area contributed by atoms with Gasteiger partial charge in [-0.1, -0.05) is 31.5 Å². The molecule has 1 atom stereocenters. The van der Waals surface area contributed by atoms with Crippen LogP contribution in [0.2, 0.25) is 0 Å². The van der Waals surface area contributed by atoms with Crippen LogP contribution in [-0.4, -0.2) is 47.7 Å². The summed E-state index contributed by atoms with van der Waals surface area (Å²) in [5, 5.41) is 9.25. The third-order valence-electron chi connectivity index (χ3n) is 4.88. The number of likely N-dealkylation sites (tertiary alicyclic amines) is 1. The van der Waals surface area contributed by atoms with Crippen LogP contribution in [0.25, 0.3) is 0 Å². The third kappa shape index (κ3) is 3.96. The lowest BCUT2D eigenvalue weighted by atomic mass is 9.91. The second-order valence-corrected chi connectivity index (χ2v) is 6.52.